The number of nitrogens with two attached hydrogens (primary N) is 1. The molecule has 5 rings (SSSR count). The van der Waals surface area contributed by atoms with E-state index in [4.69, 9.17) is 29.4 Å². The van der Waals surface area contributed by atoms with E-state index in [9.17, 15) is 14.4 Å². The molecule has 3 aromatic rings. The zero-order valence-corrected chi connectivity index (χ0v) is 32.5. The first kappa shape index (κ1) is 40.9. The number of methoxy groups -OCH3 is 1. The van der Waals surface area contributed by atoms with Gasteiger partial charge in [-0.15, -0.1) is 5.10 Å². The lowest BCUT2D eigenvalue weighted by molar-refractivity contribution is -0.294. The van der Waals surface area contributed by atoms with Crippen LogP contribution >= 0.6 is 0 Å². The SMILES string of the molecule is CO[C@]1(C)C[C@@H](C)CN[C@H](Cn2cc(-c3cccc(N)n3)nn2)COC(=O)C(C)C(=O)[C@H](C)[C@H]1O[C@@H]1O[C@H](C)C[C@H](N(C)C)[C@H]1OC(=O)c1ccccc1. The Balaban J connectivity index is 1.40. The number of Topliss-reactive ketones (excluding diaryl/α,β-unsaturated/α-hetero) is 1. The summed E-state index contributed by atoms with van der Waals surface area (Å²) in [6.45, 7) is 10.0. The molecule has 0 radical (unpaired) electrons. The molecule has 15 nitrogen and oxygen atoms in total. The number of hydrogen-bond acceptors (Lipinski definition) is 14. The summed E-state index contributed by atoms with van der Waals surface area (Å²) >= 11 is 0. The number of anilines is 1. The van der Waals surface area contributed by atoms with E-state index in [0.717, 1.165) is 0 Å². The van der Waals surface area contributed by atoms with Crippen molar-refractivity contribution in [3.8, 4) is 11.4 Å². The van der Waals surface area contributed by atoms with Gasteiger partial charge in [-0.25, -0.2) is 9.78 Å². The number of pyridine rings is 1. The van der Waals surface area contributed by atoms with Gasteiger partial charge in [0.15, 0.2) is 18.2 Å². The van der Waals surface area contributed by atoms with Crippen LogP contribution in [0, 0.1) is 17.8 Å². The summed E-state index contributed by atoms with van der Waals surface area (Å²) in [5.41, 5.74) is 6.36. The van der Waals surface area contributed by atoms with Gasteiger partial charge in [0, 0.05) is 13.0 Å². The van der Waals surface area contributed by atoms with Crippen LogP contribution in [0.4, 0.5) is 5.82 Å². The first-order valence-corrected chi connectivity index (χ1v) is 18.5. The van der Waals surface area contributed by atoms with E-state index in [-0.39, 0.29) is 36.5 Å². The van der Waals surface area contributed by atoms with E-state index in [1.54, 1.807) is 74.3 Å². The number of nitrogen functional groups attached to an aromatic ring is 1. The standard InChI is InChI=1S/C39H55N7O8/c1-23-18-39(5,50-8)35(54-38-34(31(45(6)7)17-24(2)52-38)53-37(49)27-13-10-9-11-14-27)25(3)33(47)26(4)36(48)51-22-28(41-19-23)20-46-21-30(43-44-46)29-15-12-16-32(40)42-29/h9-16,21,23-26,28,31,34-35,38,41H,17-20,22H2,1-8H3,(H2,40,42)/t23-,24-,25+,26?,28-,31+,34-,35-,38+,39-/m1/s1. The van der Waals surface area contributed by atoms with Crippen LogP contribution in [0.3, 0.4) is 0 Å². The van der Waals surface area contributed by atoms with Crippen LogP contribution in [-0.4, -0.2) is 119 Å². The summed E-state index contributed by atoms with van der Waals surface area (Å²) < 4.78 is 33.1. The number of aromatic nitrogens is 4. The van der Waals surface area contributed by atoms with E-state index in [1.807, 2.05) is 38.9 Å². The van der Waals surface area contributed by atoms with Crippen LogP contribution < -0.4 is 11.1 Å². The number of cyclic esters (lactones) is 1. The maximum Gasteiger partial charge on any atom is 0.338 e. The third-order valence-corrected chi connectivity index (χ3v) is 10.5. The molecule has 3 N–H and O–H groups in total. The fraction of sp³-hybridized carbons (Fsp3) is 0.590. The molecule has 2 fully saturated rings. The number of carbonyl (C=O) groups excluding carboxylic acids is 3. The Kier molecular flexibility index (Phi) is 13.6. The highest BCUT2D eigenvalue weighted by Crippen LogP contribution is 2.37. The van der Waals surface area contributed by atoms with Crippen molar-refractivity contribution in [2.45, 2.75) is 96.3 Å². The number of esters is 2. The van der Waals surface area contributed by atoms with Crippen molar-refractivity contribution in [1.29, 1.82) is 0 Å². The van der Waals surface area contributed by atoms with Gasteiger partial charge in [0.25, 0.3) is 0 Å². The molecule has 1 unspecified atom stereocenters. The Hall–Kier alpha value is -4.28. The minimum Gasteiger partial charge on any atom is -0.463 e. The summed E-state index contributed by atoms with van der Waals surface area (Å²) in [5.74, 6) is -3.11. The van der Waals surface area contributed by atoms with Gasteiger partial charge in [0.1, 0.15) is 24.0 Å². The Morgan fingerprint density at radius 2 is 1.81 bits per heavy atom. The number of carbonyl (C=O) groups is 3. The number of likely N-dealkylation sites (N-methyl/N-ethyl adjacent to an activating group) is 1. The summed E-state index contributed by atoms with van der Waals surface area (Å²) in [6.07, 6.45) is -0.235. The molecule has 10 atom stereocenters. The summed E-state index contributed by atoms with van der Waals surface area (Å²) in [4.78, 5) is 47.4. The van der Waals surface area contributed by atoms with E-state index < -0.39 is 47.9 Å². The third kappa shape index (κ3) is 9.87. The first-order chi connectivity index (χ1) is 25.7. The normalized spacial score (nSPS) is 31.5. The lowest BCUT2D eigenvalue weighted by Crippen LogP contribution is -2.60. The molecule has 2 aliphatic heterocycles. The van der Waals surface area contributed by atoms with Gasteiger partial charge in [-0.2, -0.15) is 0 Å². The minimum atomic E-state index is -1.11. The second-order valence-electron chi connectivity index (χ2n) is 15.1. The number of nitrogens with one attached hydrogen (secondary N) is 1. The number of ketones is 1. The molecule has 2 aliphatic rings. The topological polar surface area (TPSA) is 182 Å². The molecular formula is C39H55N7O8. The number of ether oxygens (including phenoxy) is 5. The average Bonchev–Trinajstić information content (AvgIpc) is 3.63. The van der Waals surface area contributed by atoms with Gasteiger partial charge in [0.2, 0.25) is 0 Å². The van der Waals surface area contributed by atoms with Crippen LogP contribution in [0.5, 0.6) is 0 Å². The average molecular weight is 750 g/mol. The molecule has 2 aromatic heterocycles. The molecule has 1 aromatic carbocycles. The highest BCUT2D eigenvalue weighted by Gasteiger charge is 2.50. The molecule has 0 amide bonds. The molecule has 0 aliphatic carbocycles. The fourth-order valence-electron chi connectivity index (χ4n) is 7.38. The van der Waals surface area contributed by atoms with Crippen molar-refractivity contribution in [2.24, 2.45) is 17.8 Å². The zero-order valence-electron chi connectivity index (χ0n) is 32.5. The second kappa shape index (κ2) is 17.9. The van der Waals surface area contributed by atoms with Gasteiger partial charge in [-0.05, 0) is 84.4 Å². The summed E-state index contributed by atoms with van der Waals surface area (Å²) in [6, 6.07) is 13.4. The van der Waals surface area contributed by atoms with Gasteiger partial charge in [-0.3, -0.25) is 14.3 Å². The van der Waals surface area contributed by atoms with Crippen molar-refractivity contribution in [2.75, 3.05) is 40.1 Å². The molecule has 0 bridgehead atoms. The predicted molar refractivity (Wildman–Crippen MR) is 200 cm³/mol. The Morgan fingerprint density at radius 3 is 2.50 bits per heavy atom. The van der Waals surface area contributed by atoms with Gasteiger partial charge >= 0.3 is 11.9 Å². The predicted octanol–water partition coefficient (Wildman–Crippen LogP) is 3.39. The van der Waals surface area contributed by atoms with Crippen LogP contribution in [0.1, 0.15) is 57.8 Å². The van der Waals surface area contributed by atoms with Crippen LogP contribution in [0.15, 0.2) is 54.7 Å². The molecule has 54 heavy (non-hydrogen) atoms. The molecule has 4 heterocycles. The summed E-state index contributed by atoms with van der Waals surface area (Å²) in [7, 11) is 5.42. The fourth-order valence-corrected chi connectivity index (χ4v) is 7.38. The summed E-state index contributed by atoms with van der Waals surface area (Å²) in [5, 5.41) is 12.1. The van der Waals surface area contributed by atoms with Gasteiger partial charge in [0.05, 0.1) is 53.9 Å². The molecule has 15 heteroatoms. The highest BCUT2D eigenvalue weighted by molar-refractivity contribution is 6.00. The van der Waals surface area contributed by atoms with Crippen molar-refractivity contribution in [1.82, 2.24) is 30.2 Å². The van der Waals surface area contributed by atoms with E-state index in [1.165, 1.54) is 0 Å². The van der Waals surface area contributed by atoms with E-state index in [2.05, 4.69) is 27.5 Å². The molecule has 2 saturated heterocycles. The molecule has 294 valence electrons. The largest absolute Gasteiger partial charge is 0.463 e. The van der Waals surface area contributed by atoms with Crippen LogP contribution in [0.2, 0.25) is 0 Å². The van der Waals surface area contributed by atoms with Crippen LogP contribution in [-0.2, 0) is 39.8 Å². The number of nitrogens with zero attached hydrogens (tertiary/aromatic N) is 5. The number of hydrogen-bond donors (Lipinski definition) is 2. The van der Waals surface area contributed by atoms with Crippen LogP contribution in [0.25, 0.3) is 11.4 Å². The maximum atomic E-state index is 14.2. The first-order valence-electron chi connectivity index (χ1n) is 18.5. The Morgan fingerprint density at radius 1 is 1.07 bits per heavy atom. The number of benzene rings is 1. The monoisotopic (exact) mass is 749 g/mol. The lowest BCUT2D eigenvalue weighted by Gasteiger charge is -2.47. The quantitative estimate of drug-likeness (QED) is 0.240. The smallest absolute Gasteiger partial charge is 0.338 e. The molecule has 0 spiro atoms. The maximum absolute atomic E-state index is 14.2. The van der Waals surface area contributed by atoms with Crippen molar-refractivity contribution < 1.29 is 38.1 Å². The van der Waals surface area contributed by atoms with Crippen molar-refractivity contribution in [3.05, 3.63) is 60.3 Å². The minimum absolute atomic E-state index is 0.00105. The Bertz CT molecular complexity index is 1720. The van der Waals surface area contributed by atoms with Crippen molar-refractivity contribution in [3.63, 3.8) is 0 Å². The van der Waals surface area contributed by atoms with E-state index >= 15 is 0 Å². The number of rotatable bonds is 9. The molecular weight excluding hydrogens is 694 g/mol. The zero-order chi connectivity index (χ0) is 39.2. The molecule has 0 saturated carbocycles. The van der Waals surface area contributed by atoms with Gasteiger partial charge in [-0.1, -0.05) is 43.3 Å². The highest BCUT2D eigenvalue weighted by atomic mass is 16.7. The van der Waals surface area contributed by atoms with Crippen molar-refractivity contribution >= 4 is 23.5 Å². The Labute approximate surface area is 317 Å². The lowest BCUT2D eigenvalue weighted by atomic mass is 9.78. The van der Waals surface area contributed by atoms with Gasteiger partial charge < -0.3 is 39.6 Å². The van der Waals surface area contributed by atoms with E-state index in [0.29, 0.717) is 48.7 Å². The second-order valence-corrected chi connectivity index (χ2v) is 15.1. The third-order valence-electron chi connectivity index (χ3n) is 10.5.